The van der Waals surface area contributed by atoms with Gasteiger partial charge >= 0.3 is 17.9 Å². The Morgan fingerprint density at radius 2 is 1.70 bits per heavy atom. The number of hydrogen-bond acceptors (Lipinski definition) is 16. The fourth-order valence-electron chi connectivity index (χ4n) is 12.8. The summed E-state index contributed by atoms with van der Waals surface area (Å²) in [5.41, 5.74) is -9.02. The highest BCUT2D eigenvalue weighted by atomic mass is 16.8. The predicted octanol–water partition coefficient (Wildman–Crippen LogP) is 0.561. The van der Waals surface area contributed by atoms with Gasteiger partial charge in [0, 0.05) is 44.1 Å². The lowest BCUT2D eigenvalue weighted by atomic mass is 9.38. The molecule has 294 valence electrons. The number of methoxy groups -OCH3 is 3. The third-order valence-corrected chi connectivity index (χ3v) is 14.8. The highest BCUT2D eigenvalue weighted by molar-refractivity contribution is 5.97. The van der Waals surface area contributed by atoms with Crippen LogP contribution in [0.3, 0.4) is 0 Å². The van der Waals surface area contributed by atoms with E-state index >= 15 is 4.79 Å². The molecule has 5 saturated heterocycles. The summed E-state index contributed by atoms with van der Waals surface area (Å²) in [6, 6.07) is 9.02. The maximum absolute atomic E-state index is 15.9. The van der Waals surface area contributed by atoms with E-state index in [1.165, 1.54) is 28.3 Å². The number of carbonyl (C=O) groups excluding carboxylic acids is 4. The Morgan fingerprint density at radius 3 is 2.37 bits per heavy atom. The van der Waals surface area contributed by atoms with Crippen LogP contribution in [0.2, 0.25) is 0 Å². The van der Waals surface area contributed by atoms with E-state index in [2.05, 4.69) is 0 Å². The normalized spacial score (nSPS) is 51.8. The topological polar surface area (TPSA) is 204 Å². The van der Waals surface area contributed by atoms with E-state index in [0.717, 1.165) is 0 Å². The Kier molecular flexibility index (Phi) is 7.80. The van der Waals surface area contributed by atoms with Crippen LogP contribution in [0.5, 0.6) is 0 Å². The molecule has 9 rings (SSSR count). The minimum Gasteiger partial charge on any atom is -0.468 e. The van der Waals surface area contributed by atoms with E-state index in [4.69, 9.17) is 47.4 Å². The zero-order valence-electron chi connectivity index (χ0n) is 30.9. The fourth-order valence-corrected chi connectivity index (χ4v) is 12.8. The molecule has 1 aromatic carbocycles. The molecular weight excluding hydrogens is 712 g/mol. The Hall–Kier alpha value is -3.06. The van der Waals surface area contributed by atoms with Crippen molar-refractivity contribution < 1.29 is 76.8 Å². The highest BCUT2D eigenvalue weighted by Gasteiger charge is 2.97. The quantitative estimate of drug-likeness (QED) is 0.211. The van der Waals surface area contributed by atoms with Crippen molar-refractivity contribution in [2.75, 3.05) is 34.5 Å². The summed E-state index contributed by atoms with van der Waals surface area (Å²) < 4.78 is 61.1. The molecule has 16 heteroatoms. The second kappa shape index (κ2) is 11.5. The molecule has 8 fully saturated rings. The number of aliphatic hydroxyl groups is 2. The van der Waals surface area contributed by atoms with Gasteiger partial charge in [0.2, 0.25) is 0 Å². The first-order chi connectivity index (χ1) is 25.6. The van der Waals surface area contributed by atoms with Crippen molar-refractivity contribution in [2.24, 2.45) is 34.0 Å². The molecule has 2 N–H and O–H groups in total. The summed E-state index contributed by atoms with van der Waals surface area (Å²) in [5, 5.41) is 24.9. The Bertz CT molecular complexity index is 1790. The zero-order valence-corrected chi connectivity index (χ0v) is 30.9. The van der Waals surface area contributed by atoms with Gasteiger partial charge in [-0.25, -0.2) is 4.79 Å². The van der Waals surface area contributed by atoms with Crippen LogP contribution in [0.1, 0.15) is 45.6 Å². The number of ether oxygens (including phenoxy) is 10. The van der Waals surface area contributed by atoms with Gasteiger partial charge < -0.3 is 57.6 Å². The van der Waals surface area contributed by atoms with Crippen molar-refractivity contribution in [2.45, 2.75) is 106 Å². The minimum absolute atomic E-state index is 0.0831. The summed E-state index contributed by atoms with van der Waals surface area (Å²) >= 11 is 0. The van der Waals surface area contributed by atoms with Crippen LogP contribution in [0.25, 0.3) is 0 Å². The first kappa shape index (κ1) is 36.6. The Balaban J connectivity index is 1.27. The molecule has 1 spiro atoms. The lowest BCUT2D eigenvalue weighted by Crippen LogP contribution is -2.78. The number of aliphatic hydroxyl groups excluding tert-OH is 1. The molecule has 2 bridgehead atoms. The molecule has 8 aliphatic rings. The monoisotopic (exact) mass is 758 g/mol. The molecule has 16 nitrogen and oxygen atoms in total. The average molecular weight is 759 g/mol. The Morgan fingerprint density at radius 1 is 0.981 bits per heavy atom. The molecule has 5 heterocycles. The van der Waals surface area contributed by atoms with Crippen molar-refractivity contribution in [1.29, 1.82) is 0 Å². The second-order valence-electron chi connectivity index (χ2n) is 16.6. The third-order valence-electron chi connectivity index (χ3n) is 14.8. The van der Waals surface area contributed by atoms with E-state index in [0.29, 0.717) is 5.56 Å². The molecule has 16 atom stereocenters. The van der Waals surface area contributed by atoms with Crippen LogP contribution in [-0.2, 0) is 73.2 Å². The number of benzene rings is 1. The molecule has 1 aromatic rings. The molecule has 3 aliphatic carbocycles. The molecule has 54 heavy (non-hydrogen) atoms. The molecule has 0 amide bonds. The van der Waals surface area contributed by atoms with Crippen LogP contribution in [0.4, 0.5) is 0 Å². The maximum atomic E-state index is 15.9. The fraction of sp³-hybridized carbons (Fsp3) is 0.737. The first-order valence-corrected chi connectivity index (χ1v) is 18.4. The van der Waals surface area contributed by atoms with Gasteiger partial charge in [-0.2, -0.15) is 0 Å². The molecule has 0 radical (unpaired) electrons. The molecule has 0 unspecified atom stereocenters. The van der Waals surface area contributed by atoms with Crippen molar-refractivity contribution in [1.82, 2.24) is 0 Å². The number of esters is 3. The van der Waals surface area contributed by atoms with Crippen molar-refractivity contribution >= 4 is 23.7 Å². The summed E-state index contributed by atoms with van der Waals surface area (Å²) in [4.78, 5) is 57.1. The highest BCUT2D eigenvalue weighted by Crippen LogP contribution is 2.82. The smallest absolute Gasteiger partial charge is 0.366 e. The molecular formula is C38H46O16. The van der Waals surface area contributed by atoms with Gasteiger partial charge in [0.25, 0.3) is 5.79 Å². The van der Waals surface area contributed by atoms with E-state index in [-0.39, 0.29) is 25.9 Å². The minimum atomic E-state index is -2.37. The van der Waals surface area contributed by atoms with E-state index in [9.17, 15) is 24.6 Å². The van der Waals surface area contributed by atoms with Crippen LogP contribution in [0.15, 0.2) is 30.3 Å². The van der Waals surface area contributed by atoms with E-state index in [1.807, 2.05) is 13.0 Å². The SMILES string of the molecule is COC(=O)[C@@]1(OCc2ccccc2)OC[C@]23[C@@H]1[C@](C)([C@]14O[C@@]1(C)[C@H]1C[C@@H]4O[C@@H]4O[C@H](OC)C[C@@]41O)C(=O)[C@@H]1OC[C@](C(=O)OC)([C@H](OC(C)=O)C[C@@H]2O)[C@H]13. The predicted molar refractivity (Wildman–Crippen MR) is 175 cm³/mol. The van der Waals surface area contributed by atoms with Gasteiger partial charge in [0.05, 0.1) is 57.6 Å². The lowest BCUT2D eigenvalue weighted by molar-refractivity contribution is -0.304. The standard InChI is InChI=1S/C38H46O16/c1-18(39)51-22-13-21(40)34-17-50-37(30(43)47-6,49-15-19-10-8-7-9-11-19)28(34)32(2,27(41)25-26(34)35(22,16-48-25)29(42)46-5)38-23-12-20(33(38,3)54-38)36(44)14-24(45-4)53-31(36)52-23/h7-11,20-26,28,31,40,44H,12-17H2,1-6H3/t20-,21+,22-,23+,24+,25-,26-,28+,31-,32-,33+,34+,35+,36+,37+,38+/m1/s1. The van der Waals surface area contributed by atoms with Gasteiger partial charge in [0.1, 0.15) is 34.4 Å². The summed E-state index contributed by atoms with van der Waals surface area (Å²) in [5.74, 6) is -8.73. The molecule has 5 aliphatic heterocycles. The van der Waals surface area contributed by atoms with Crippen molar-refractivity contribution in [3.8, 4) is 0 Å². The third kappa shape index (κ3) is 3.94. The first-order valence-electron chi connectivity index (χ1n) is 18.4. The average Bonchev–Trinajstić information content (AvgIpc) is 3.52. The van der Waals surface area contributed by atoms with Crippen LogP contribution >= 0.6 is 0 Å². The summed E-state index contributed by atoms with van der Waals surface area (Å²) in [7, 11) is 3.82. The molecule has 0 aromatic heterocycles. The maximum Gasteiger partial charge on any atom is 0.366 e. The number of rotatable bonds is 8. The van der Waals surface area contributed by atoms with Gasteiger partial charge in [-0.1, -0.05) is 30.3 Å². The Labute approximate surface area is 310 Å². The largest absolute Gasteiger partial charge is 0.468 e. The van der Waals surface area contributed by atoms with Gasteiger partial charge in [-0.05, 0) is 25.8 Å². The lowest BCUT2D eigenvalue weighted by Gasteiger charge is -2.63. The van der Waals surface area contributed by atoms with E-state index in [1.54, 1.807) is 31.2 Å². The number of epoxide rings is 1. The zero-order chi connectivity index (χ0) is 38.4. The number of hydrogen-bond donors (Lipinski definition) is 2. The van der Waals surface area contributed by atoms with Crippen molar-refractivity contribution in [3.05, 3.63) is 35.9 Å². The number of fused-ring (bicyclic) bond motifs is 7. The molecule has 3 saturated carbocycles. The van der Waals surface area contributed by atoms with Crippen LogP contribution < -0.4 is 0 Å². The van der Waals surface area contributed by atoms with Gasteiger partial charge in [0.15, 0.2) is 18.4 Å². The summed E-state index contributed by atoms with van der Waals surface area (Å²) in [6.45, 7) is 3.68. The number of ketones is 1. The van der Waals surface area contributed by atoms with Gasteiger partial charge in [-0.3, -0.25) is 14.4 Å². The van der Waals surface area contributed by atoms with Gasteiger partial charge in [-0.15, -0.1) is 0 Å². The second-order valence-corrected chi connectivity index (χ2v) is 16.6. The summed E-state index contributed by atoms with van der Waals surface area (Å²) in [6.07, 6.45) is -6.79. The number of carbonyl (C=O) groups is 4. The van der Waals surface area contributed by atoms with Crippen LogP contribution in [-0.4, -0.2) is 128 Å². The van der Waals surface area contributed by atoms with Crippen molar-refractivity contribution in [3.63, 3.8) is 0 Å². The van der Waals surface area contributed by atoms with Crippen LogP contribution in [0, 0.1) is 34.0 Å². The number of Topliss-reactive ketones (excluding diaryl/α,β-unsaturated/α-hetero) is 1. The van der Waals surface area contributed by atoms with E-state index < -0.39 is 130 Å².